The summed E-state index contributed by atoms with van der Waals surface area (Å²) in [5, 5.41) is 14.9. The number of carbonyl (C=O) groups excluding carboxylic acids is 3. The van der Waals surface area contributed by atoms with E-state index < -0.39 is 33.3 Å². The van der Waals surface area contributed by atoms with Crippen molar-refractivity contribution in [3.8, 4) is 0 Å². The minimum absolute atomic E-state index is 0.00876. The van der Waals surface area contributed by atoms with Gasteiger partial charge in [-0.3, -0.25) is 14.9 Å². The molecule has 0 radical (unpaired) electrons. The molecular formula is C17H15N5O6S3. The van der Waals surface area contributed by atoms with E-state index in [0.717, 1.165) is 30.2 Å². The molecule has 0 fully saturated rings. The molecule has 0 aliphatic carbocycles. The molecular weight excluding hydrogens is 466 g/mol. The van der Waals surface area contributed by atoms with Crippen LogP contribution in [0.1, 0.15) is 6.92 Å². The SMILES string of the molecule is COC(=O)/C(C(=O)Nc1nccs1)=C1/SC(C(C)=O)=NN1c1ccc(S(N)(=O)=O)cc1. The van der Waals surface area contributed by atoms with Gasteiger partial charge in [0.2, 0.25) is 10.0 Å². The number of rotatable bonds is 6. The summed E-state index contributed by atoms with van der Waals surface area (Å²) in [5.74, 6) is -2.16. The number of primary sulfonamides is 1. The van der Waals surface area contributed by atoms with Crippen molar-refractivity contribution in [2.45, 2.75) is 11.8 Å². The van der Waals surface area contributed by atoms with Crippen molar-refractivity contribution in [2.24, 2.45) is 10.2 Å². The Morgan fingerprint density at radius 1 is 1.19 bits per heavy atom. The molecule has 0 bridgehead atoms. The van der Waals surface area contributed by atoms with Gasteiger partial charge in [-0.15, -0.1) is 11.3 Å². The summed E-state index contributed by atoms with van der Waals surface area (Å²) in [7, 11) is -2.82. The summed E-state index contributed by atoms with van der Waals surface area (Å²) >= 11 is 1.96. The van der Waals surface area contributed by atoms with Gasteiger partial charge in [0.1, 0.15) is 5.03 Å². The fourth-order valence-electron chi connectivity index (χ4n) is 2.37. The van der Waals surface area contributed by atoms with E-state index in [9.17, 15) is 22.8 Å². The molecule has 0 saturated heterocycles. The topological polar surface area (TPSA) is 161 Å². The normalized spacial score (nSPS) is 15.3. The van der Waals surface area contributed by atoms with E-state index >= 15 is 0 Å². The predicted molar refractivity (Wildman–Crippen MR) is 116 cm³/mol. The number of nitrogens with two attached hydrogens (primary N) is 1. The van der Waals surface area contributed by atoms with Crippen LogP contribution < -0.4 is 15.5 Å². The van der Waals surface area contributed by atoms with Gasteiger partial charge in [0.15, 0.2) is 21.5 Å². The van der Waals surface area contributed by atoms with Crippen molar-refractivity contribution in [3.63, 3.8) is 0 Å². The Kier molecular flexibility index (Phi) is 6.54. The molecule has 0 atom stereocenters. The highest BCUT2D eigenvalue weighted by Crippen LogP contribution is 2.38. The van der Waals surface area contributed by atoms with Crippen molar-refractivity contribution in [1.29, 1.82) is 0 Å². The monoisotopic (exact) mass is 481 g/mol. The van der Waals surface area contributed by atoms with E-state index in [0.29, 0.717) is 0 Å². The van der Waals surface area contributed by atoms with Gasteiger partial charge in [-0.1, -0.05) is 0 Å². The number of ketones is 1. The number of sulfonamides is 1. The Labute approximate surface area is 185 Å². The lowest BCUT2D eigenvalue weighted by molar-refractivity contribution is -0.137. The first kappa shape index (κ1) is 22.6. The van der Waals surface area contributed by atoms with Crippen LogP contribution in [0.5, 0.6) is 0 Å². The number of anilines is 2. The van der Waals surface area contributed by atoms with Gasteiger partial charge < -0.3 is 4.74 Å². The Morgan fingerprint density at radius 2 is 1.87 bits per heavy atom. The molecule has 2 heterocycles. The van der Waals surface area contributed by atoms with Gasteiger partial charge in [0.25, 0.3) is 5.91 Å². The number of aromatic nitrogens is 1. The summed E-state index contributed by atoms with van der Waals surface area (Å²) in [6, 6.07) is 5.23. The lowest BCUT2D eigenvalue weighted by Crippen LogP contribution is -2.26. The quantitative estimate of drug-likeness (QED) is 0.268. The lowest BCUT2D eigenvalue weighted by atomic mass is 10.2. The van der Waals surface area contributed by atoms with E-state index in [1.807, 2.05) is 0 Å². The third-order valence-corrected chi connectivity index (χ3v) is 6.52. The maximum absolute atomic E-state index is 12.9. The standard InChI is InChI=1S/C17H15N5O6S3/c1-9(23)14-21-22(10-3-5-11(6-4-10)31(18,26)27)15(30-14)12(16(25)28-2)13(24)20-17-19-7-8-29-17/h3-8H,1-2H3,(H2,18,26,27)(H,19,20,24)/b15-12+. The summed E-state index contributed by atoms with van der Waals surface area (Å²) in [6.45, 7) is 1.28. The molecule has 1 aromatic heterocycles. The summed E-state index contributed by atoms with van der Waals surface area (Å²) in [6.07, 6.45) is 1.48. The van der Waals surface area contributed by atoms with Crippen LogP contribution >= 0.6 is 23.1 Å². The molecule has 31 heavy (non-hydrogen) atoms. The molecule has 1 aromatic carbocycles. The number of amides is 1. The van der Waals surface area contributed by atoms with Gasteiger partial charge in [0.05, 0.1) is 17.7 Å². The van der Waals surface area contributed by atoms with Crippen molar-refractivity contribution in [3.05, 3.63) is 46.4 Å². The molecule has 2 aromatic rings. The summed E-state index contributed by atoms with van der Waals surface area (Å²) < 4.78 is 27.8. The number of ether oxygens (including phenoxy) is 1. The second kappa shape index (κ2) is 8.97. The largest absolute Gasteiger partial charge is 0.465 e. The van der Waals surface area contributed by atoms with Crippen LogP contribution in [0.2, 0.25) is 0 Å². The lowest BCUT2D eigenvalue weighted by Gasteiger charge is -2.18. The number of carbonyl (C=O) groups is 3. The number of hydrogen-bond acceptors (Lipinski definition) is 11. The summed E-state index contributed by atoms with van der Waals surface area (Å²) in [4.78, 5) is 41.1. The highest BCUT2D eigenvalue weighted by atomic mass is 32.2. The predicted octanol–water partition coefficient (Wildman–Crippen LogP) is 1.27. The second-order valence-electron chi connectivity index (χ2n) is 5.88. The zero-order valence-electron chi connectivity index (χ0n) is 16.1. The van der Waals surface area contributed by atoms with Crippen molar-refractivity contribution in [1.82, 2.24) is 4.98 Å². The van der Waals surface area contributed by atoms with E-state index in [1.54, 1.807) is 5.38 Å². The summed E-state index contributed by atoms with van der Waals surface area (Å²) in [5.41, 5.74) is -0.118. The number of benzene rings is 1. The second-order valence-corrected chi connectivity index (χ2v) is 9.31. The number of nitrogens with zero attached hydrogens (tertiary/aromatic N) is 3. The maximum atomic E-state index is 12.9. The molecule has 1 amide bonds. The van der Waals surface area contributed by atoms with Crippen LogP contribution in [-0.2, 0) is 29.1 Å². The van der Waals surface area contributed by atoms with Gasteiger partial charge >= 0.3 is 5.97 Å². The Hall–Kier alpha value is -3.07. The highest BCUT2D eigenvalue weighted by Gasteiger charge is 2.35. The first-order valence-electron chi connectivity index (χ1n) is 8.35. The number of esters is 1. The average Bonchev–Trinajstić information content (AvgIpc) is 3.37. The number of nitrogens with one attached hydrogen (secondary N) is 1. The van der Waals surface area contributed by atoms with E-state index in [4.69, 9.17) is 9.88 Å². The smallest absolute Gasteiger partial charge is 0.346 e. The van der Waals surface area contributed by atoms with E-state index in [-0.39, 0.29) is 25.8 Å². The van der Waals surface area contributed by atoms with Crippen LogP contribution in [-0.4, -0.2) is 43.2 Å². The third kappa shape index (κ3) is 4.99. The maximum Gasteiger partial charge on any atom is 0.346 e. The number of hydrogen-bond donors (Lipinski definition) is 2. The average molecular weight is 482 g/mol. The van der Waals surface area contributed by atoms with E-state index in [1.165, 1.54) is 42.4 Å². The molecule has 1 aliphatic rings. The molecule has 0 unspecified atom stereocenters. The van der Waals surface area contributed by atoms with Crippen LogP contribution in [0.25, 0.3) is 0 Å². The molecule has 3 N–H and O–H groups in total. The zero-order chi connectivity index (χ0) is 22.8. The number of methoxy groups -OCH3 is 1. The number of Topliss-reactive ketones (excluding diaryl/α,β-unsaturated/α-hetero) is 1. The van der Waals surface area contributed by atoms with Gasteiger partial charge in [-0.2, -0.15) is 5.10 Å². The Balaban J connectivity index is 2.10. The minimum atomic E-state index is -3.93. The third-order valence-electron chi connectivity index (χ3n) is 3.77. The molecule has 3 rings (SSSR count). The molecule has 1 aliphatic heterocycles. The molecule has 0 saturated carbocycles. The first-order chi connectivity index (χ1) is 14.6. The fraction of sp³-hybridized carbons (Fsp3) is 0.118. The Morgan fingerprint density at radius 3 is 2.39 bits per heavy atom. The van der Waals surface area contributed by atoms with Gasteiger partial charge in [-0.25, -0.2) is 28.3 Å². The zero-order valence-corrected chi connectivity index (χ0v) is 18.5. The molecule has 162 valence electrons. The van der Waals surface area contributed by atoms with Crippen LogP contribution in [0, 0.1) is 0 Å². The first-order valence-corrected chi connectivity index (χ1v) is 11.6. The highest BCUT2D eigenvalue weighted by molar-refractivity contribution is 8.19. The number of thioether (sulfide) groups is 1. The molecule has 14 heteroatoms. The molecule has 11 nitrogen and oxygen atoms in total. The molecule has 0 spiro atoms. The minimum Gasteiger partial charge on any atom is -0.465 e. The fourth-order valence-corrected chi connectivity index (χ4v) is 4.37. The van der Waals surface area contributed by atoms with Crippen molar-refractivity contribution < 1.29 is 27.5 Å². The van der Waals surface area contributed by atoms with Gasteiger partial charge in [-0.05, 0) is 36.0 Å². The number of hydrazone groups is 1. The Bertz CT molecular complexity index is 1200. The number of thiazole rings is 1. The van der Waals surface area contributed by atoms with Crippen LogP contribution in [0.15, 0.2) is 56.4 Å². The van der Waals surface area contributed by atoms with Crippen molar-refractivity contribution in [2.75, 3.05) is 17.4 Å². The van der Waals surface area contributed by atoms with Gasteiger partial charge in [0, 0.05) is 18.5 Å². The van der Waals surface area contributed by atoms with Crippen LogP contribution in [0.4, 0.5) is 10.8 Å². The van der Waals surface area contributed by atoms with Crippen LogP contribution in [0.3, 0.4) is 0 Å². The van der Waals surface area contributed by atoms with E-state index in [2.05, 4.69) is 15.4 Å². The van der Waals surface area contributed by atoms with Crippen molar-refractivity contribution >= 4 is 66.6 Å².